The molecule has 0 aliphatic heterocycles. The maximum absolute atomic E-state index is 12.1. The van der Waals surface area contributed by atoms with E-state index in [1.807, 2.05) is 26.0 Å². The molecule has 1 aromatic carbocycles. The van der Waals surface area contributed by atoms with E-state index >= 15 is 0 Å². The molecule has 0 unspecified atom stereocenters. The molecule has 0 spiro atoms. The van der Waals surface area contributed by atoms with E-state index in [1.165, 1.54) is 6.20 Å². The zero-order chi connectivity index (χ0) is 14.7. The Balaban J connectivity index is 2.11. The normalized spacial score (nSPS) is 10.3. The summed E-state index contributed by atoms with van der Waals surface area (Å²) in [6, 6.07) is 5.50. The van der Waals surface area contributed by atoms with Gasteiger partial charge in [-0.2, -0.15) is 9.90 Å². The van der Waals surface area contributed by atoms with Gasteiger partial charge in [0.15, 0.2) is 12.4 Å². The predicted octanol–water partition coefficient (Wildman–Crippen LogP) is 1.23. The number of nitrogens with zero attached hydrogens (tertiary/aromatic N) is 3. The first-order valence-corrected chi connectivity index (χ1v) is 5.96. The van der Waals surface area contributed by atoms with Gasteiger partial charge in [-0.25, -0.2) is 0 Å². The summed E-state index contributed by atoms with van der Waals surface area (Å²) in [5, 5.41) is 18.8. The van der Waals surface area contributed by atoms with Crippen molar-refractivity contribution in [3.8, 4) is 0 Å². The van der Waals surface area contributed by atoms with Crippen molar-refractivity contribution in [2.24, 2.45) is 0 Å². The first-order valence-electron chi connectivity index (χ1n) is 5.96. The molecule has 0 aliphatic rings. The summed E-state index contributed by atoms with van der Waals surface area (Å²) < 4.78 is 0. The van der Waals surface area contributed by atoms with Gasteiger partial charge in [0.05, 0.1) is 6.20 Å². The molecule has 2 N–H and O–H groups in total. The average Bonchev–Trinajstić information content (AvgIpc) is 2.75. The lowest BCUT2D eigenvalue weighted by Gasteiger charge is -2.06. The van der Waals surface area contributed by atoms with Gasteiger partial charge in [0.25, 0.3) is 5.91 Å². The fourth-order valence-electron chi connectivity index (χ4n) is 1.80. The van der Waals surface area contributed by atoms with Crippen molar-refractivity contribution in [3.05, 3.63) is 41.1 Å². The summed E-state index contributed by atoms with van der Waals surface area (Å²) in [6.07, 6.45) is 1.31. The van der Waals surface area contributed by atoms with E-state index in [2.05, 4.69) is 15.5 Å². The maximum Gasteiger partial charge on any atom is 0.327 e. The number of anilines is 1. The third kappa shape index (κ3) is 3.19. The number of carboxylic acid groups (broad SMARTS) is 1. The lowest BCUT2D eigenvalue weighted by Crippen LogP contribution is -2.15. The van der Waals surface area contributed by atoms with E-state index < -0.39 is 5.97 Å². The van der Waals surface area contributed by atoms with Crippen LogP contribution in [-0.2, 0) is 11.3 Å². The molecule has 0 saturated carbocycles. The number of benzene rings is 1. The van der Waals surface area contributed by atoms with E-state index in [9.17, 15) is 9.59 Å². The number of carboxylic acids is 1. The van der Waals surface area contributed by atoms with Crippen LogP contribution in [0.4, 0.5) is 5.82 Å². The Morgan fingerprint density at radius 3 is 2.75 bits per heavy atom. The summed E-state index contributed by atoms with van der Waals surface area (Å²) >= 11 is 0. The molecule has 0 saturated heterocycles. The van der Waals surface area contributed by atoms with Crippen molar-refractivity contribution >= 4 is 17.7 Å². The minimum atomic E-state index is -1.05. The summed E-state index contributed by atoms with van der Waals surface area (Å²) in [7, 11) is 0. The minimum absolute atomic E-state index is 0.219. The number of rotatable bonds is 4. The zero-order valence-electron chi connectivity index (χ0n) is 11.1. The van der Waals surface area contributed by atoms with Gasteiger partial charge < -0.3 is 10.4 Å². The molecule has 1 heterocycles. The van der Waals surface area contributed by atoms with Crippen LogP contribution in [0, 0.1) is 13.8 Å². The van der Waals surface area contributed by atoms with Crippen molar-refractivity contribution in [1.82, 2.24) is 15.0 Å². The van der Waals surface area contributed by atoms with Gasteiger partial charge in [-0.3, -0.25) is 9.59 Å². The Hall–Kier alpha value is -2.70. The largest absolute Gasteiger partial charge is 0.480 e. The van der Waals surface area contributed by atoms with E-state index in [0.717, 1.165) is 15.9 Å². The van der Waals surface area contributed by atoms with Crippen LogP contribution in [0.15, 0.2) is 24.4 Å². The number of carbonyl (C=O) groups excluding carboxylic acids is 1. The smallest absolute Gasteiger partial charge is 0.327 e. The van der Waals surface area contributed by atoms with Gasteiger partial charge in [-0.15, -0.1) is 5.10 Å². The van der Waals surface area contributed by atoms with Crippen molar-refractivity contribution in [3.63, 3.8) is 0 Å². The van der Waals surface area contributed by atoms with Crippen molar-refractivity contribution in [2.75, 3.05) is 5.32 Å². The Morgan fingerprint density at radius 1 is 1.35 bits per heavy atom. The fourth-order valence-corrected chi connectivity index (χ4v) is 1.80. The zero-order valence-corrected chi connectivity index (χ0v) is 11.1. The number of hydrogen-bond acceptors (Lipinski definition) is 4. The molecule has 0 radical (unpaired) electrons. The van der Waals surface area contributed by atoms with Crippen LogP contribution in [0.3, 0.4) is 0 Å². The van der Waals surface area contributed by atoms with Crippen LogP contribution in [-0.4, -0.2) is 32.0 Å². The second-order valence-corrected chi connectivity index (χ2v) is 4.43. The molecule has 7 heteroatoms. The topological polar surface area (TPSA) is 97.1 Å². The number of amides is 1. The van der Waals surface area contributed by atoms with Gasteiger partial charge in [-0.1, -0.05) is 17.7 Å². The van der Waals surface area contributed by atoms with Crippen LogP contribution in [0.5, 0.6) is 0 Å². The molecule has 2 aromatic rings. The minimum Gasteiger partial charge on any atom is -0.480 e. The molecule has 104 valence electrons. The lowest BCUT2D eigenvalue weighted by molar-refractivity contribution is -0.138. The number of aliphatic carboxylic acids is 1. The van der Waals surface area contributed by atoms with Crippen LogP contribution in [0.2, 0.25) is 0 Å². The van der Waals surface area contributed by atoms with Gasteiger partial charge >= 0.3 is 5.97 Å². The molecule has 0 bridgehead atoms. The van der Waals surface area contributed by atoms with Crippen LogP contribution in [0.1, 0.15) is 21.5 Å². The summed E-state index contributed by atoms with van der Waals surface area (Å²) in [5.74, 6) is -1.13. The highest BCUT2D eigenvalue weighted by Crippen LogP contribution is 2.12. The number of aryl methyl sites for hydroxylation is 2. The number of nitrogens with one attached hydrogen (secondary N) is 1. The second kappa shape index (κ2) is 5.52. The SMILES string of the molecule is Cc1ccc(C(=O)Nc2cnn(CC(=O)O)n2)c(C)c1. The highest BCUT2D eigenvalue weighted by Gasteiger charge is 2.11. The molecular formula is C13H14N4O3. The van der Waals surface area contributed by atoms with Gasteiger partial charge in [-0.05, 0) is 25.5 Å². The monoisotopic (exact) mass is 274 g/mol. The molecule has 7 nitrogen and oxygen atoms in total. The van der Waals surface area contributed by atoms with Gasteiger partial charge in [0.1, 0.15) is 0 Å². The molecule has 0 fully saturated rings. The van der Waals surface area contributed by atoms with Gasteiger partial charge in [0, 0.05) is 5.56 Å². The lowest BCUT2D eigenvalue weighted by atomic mass is 10.1. The Morgan fingerprint density at radius 2 is 2.10 bits per heavy atom. The summed E-state index contributed by atoms with van der Waals surface area (Å²) in [5.41, 5.74) is 2.48. The fraction of sp³-hybridized carbons (Fsp3) is 0.231. The third-order valence-electron chi connectivity index (χ3n) is 2.68. The van der Waals surface area contributed by atoms with E-state index in [-0.39, 0.29) is 18.3 Å². The van der Waals surface area contributed by atoms with Crippen molar-refractivity contribution in [1.29, 1.82) is 0 Å². The van der Waals surface area contributed by atoms with Crippen LogP contribution < -0.4 is 5.32 Å². The maximum atomic E-state index is 12.1. The summed E-state index contributed by atoms with van der Waals surface area (Å²) in [4.78, 5) is 23.6. The predicted molar refractivity (Wildman–Crippen MR) is 71.5 cm³/mol. The Kier molecular flexibility index (Phi) is 3.79. The van der Waals surface area contributed by atoms with E-state index in [0.29, 0.717) is 5.56 Å². The quantitative estimate of drug-likeness (QED) is 0.874. The molecule has 0 aliphatic carbocycles. The second-order valence-electron chi connectivity index (χ2n) is 4.43. The number of aromatic nitrogens is 3. The highest BCUT2D eigenvalue weighted by molar-refractivity contribution is 6.04. The highest BCUT2D eigenvalue weighted by atomic mass is 16.4. The molecule has 2 rings (SSSR count). The van der Waals surface area contributed by atoms with E-state index in [4.69, 9.17) is 5.11 Å². The molecular weight excluding hydrogens is 260 g/mol. The number of hydrogen-bond donors (Lipinski definition) is 2. The average molecular weight is 274 g/mol. The Labute approximate surface area is 115 Å². The van der Waals surface area contributed by atoms with Gasteiger partial charge in [0.2, 0.25) is 0 Å². The first kappa shape index (κ1) is 13.7. The van der Waals surface area contributed by atoms with Crippen molar-refractivity contribution < 1.29 is 14.7 Å². The first-order chi connectivity index (χ1) is 9.45. The van der Waals surface area contributed by atoms with Crippen molar-refractivity contribution in [2.45, 2.75) is 20.4 Å². The van der Waals surface area contributed by atoms with E-state index in [1.54, 1.807) is 6.07 Å². The number of carbonyl (C=O) groups is 2. The molecule has 1 amide bonds. The summed E-state index contributed by atoms with van der Waals surface area (Å²) in [6.45, 7) is 3.45. The molecule has 1 aromatic heterocycles. The van der Waals surface area contributed by atoms with Crippen LogP contribution in [0.25, 0.3) is 0 Å². The van der Waals surface area contributed by atoms with Crippen LogP contribution >= 0.6 is 0 Å². The Bertz CT molecular complexity index is 663. The molecule has 20 heavy (non-hydrogen) atoms. The standard InChI is InChI=1S/C13H14N4O3/c1-8-3-4-10(9(2)5-8)13(20)15-11-6-14-17(16-11)7-12(18)19/h3-6H,7H2,1-2H3,(H,18,19)(H,15,16,20). The molecule has 0 atom stereocenters. The third-order valence-corrected chi connectivity index (χ3v) is 2.68.